The van der Waals surface area contributed by atoms with Crippen LogP contribution in [0.2, 0.25) is 0 Å². The number of hydrogen-bond donors (Lipinski definition) is 2. The number of aliphatic hydroxyl groups excluding tert-OH is 1. The van der Waals surface area contributed by atoms with Crippen LogP contribution in [0, 0.1) is 23.2 Å². The largest absolute Gasteiger partial charge is 0.508 e. The van der Waals surface area contributed by atoms with Crippen LogP contribution in [0.4, 0.5) is 0 Å². The molecule has 4 heteroatoms. The van der Waals surface area contributed by atoms with Gasteiger partial charge in [-0.3, -0.25) is 9.59 Å². The van der Waals surface area contributed by atoms with E-state index in [1.165, 1.54) is 11.1 Å². The monoisotopic (exact) mass is 533 g/mol. The molecule has 0 fully saturated rings. The van der Waals surface area contributed by atoms with E-state index in [4.69, 9.17) is 0 Å². The number of hydrogen-bond acceptors (Lipinski definition) is 3. The van der Waals surface area contributed by atoms with Gasteiger partial charge in [0.2, 0.25) is 5.91 Å². The van der Waals surface area contributed by atoms with Crippen molar-refractivity contribution in [1.82, 2.24) is 5.32 Å². The molecule has 1 aromatic carbocycles. The standard InChI is InChI=1S/C35H51NO3/c1-10-14-31(27(6)30-19-17-29(11-2)18-20-30)22-26(5)15-12-13-16-34(39)36-24-35(8,9)33(38)23-32(28(7)37)21-25(3)4/h12-14,17-21,25-27,31,37H,1,7,11,15-16,22-24H2,2-6,8-9H3,(H,36,39)/b13-12+,32-21+. The molecule has 0 spiro atoms. The second-order valence-corrected chi connectivity index (χ2v) is 11.8. The number of nitrogens with one attached hydrogen (secondary N) is 1. The van der Waals surface area contributed by atoms with Crippen LogP contribution in [0.25, 0.3) is 0 Å². The van der Waals surface area contributed by atoms with Crippen molar-refractivity contribution in [2.75, 3.05) is 6.54 Å². The minimum atomic E-state index is -0.749. The van der Waals surface area contributed by atoms with E-state index in [0.29, 0.717) is 23.3 Å². The van der Waals surface area contributed by atoms with Gasteiger partial charge < -0.3 is 10.4 Å². The fourth-order valence-corrected chi connectivity index (χ4v) is 4.51. The highest BCUT2D eigenvalue weighted by atomic mass is 16.3. The molecule has 0 saturated carbocycles. The fraction of sp³-hybridized carbons (Fsp3) is 0.514. The van der Waals surface area contributed by atoms with Gasteiger partial charge in [0, 0.05) is 24.8 Å². The average molecular weight is 534 g/mol. The van der Waals surface area contributed by atoms with Crippen LogP contribution in [-0.2, 0) is 16.0 Å². The van der Waals surface area contributed by atoms with Crippen LogP contribution >= 0.6 is 0 Å². The van der Waals surface area contributed by atoms with E-state index >= 15 is 0 Å². The lowest BCUT2D eigenvalue weighted by atomic mass is 9.81. The van der Waals surface area contributed by atoms with E-state index < -0.39 is 5.41 Å². The minimum absolute atomic E-state index is 0.0482. The maximum Gasteiger partial charge on any atom is 0.223 e. The number of rotatable bonds is 17. The van der Waals surface area contributed by atoms with Gasteiger partial charge in [-0.1, -0.05) is 104 Å². The molecule has 1 aromatic rings. The molecule has 4 nitrogen and oxygen atoms in total. The Bertz CT molecular complexity index is 1050. The summed E-state index contributed by atoms with van der Waals surface area (Å²) in [6.07, 6.45) is 11.2. The summed E-state index contributed by atoms with van der Waals surface area (Å²) in [4.78, 5) is 25.3. The Labute approximate surface area is 237 Å². The van der Waals surface area contributed by atoms with Gasteiger partial charge in [-0.15, -0.1) is 5.73 Å². The van der Waals surface area contributed by atoms with Crippen LogP contribution in [0.3, 0.4) is 0 Å². The minimum Gasteiger partial charge on any atom is -0.508 e. The molecule has 3 unspecified atom stereocenters. The summed E-state index contributed by atoms with van der Waals surface area (Å²) >= 11 is 0. The van der Waals surface area contributed by atoms with Gasteiger partial charge in [0.05, 0.1) is 0 Å². The van der Waals surface area contributed by atoms with Crippen LogP contribution in [0.15, 0.2) is 78.8 Å². The van der Waals surface area contributed by atoms with Gasteiger partial charge in [0.25, 0.3) is 0 Å². The number of aliphatic hydroxyl groups is 1. The Morgan fingerprint density at radius 1 is 1.10 bits per heavy atom. The lowest BCUT2D eigenvalue weighted by Crippen LogP contribution is -2.39. The Morgan fingerprint density at radius 3 is 2.28 bits per heavy atom. The predicted octanol–water partition coefficient (Wildman–Crippen LogP) is 8.43. The molecular formula is C35H51NO3. The van der Waals surface area contributed by atoms with Crippen molar-refractivity contribution in [2.24, 2.45) is 23.2 Å². The van der Waals surface area contributed by atoms with Crippen molar-refractivity contribution in [3.63, 3.8) is 0 Å². The van der Waals surface area contributed by atoms with Crippen LogP contribution in [0.1, 0.15) is 91.2 Å². The first kappa shape index (κ1) is 33.9. The molecule has 0 aliphatic heterocycles. The van der Waals surface area contributed by atoms with Gasteiger partial charge in [-0.05, 0) is 65.7 Å². The number of Topliss-reactive ketones (excluding diaryl/α,β-unsaturated/α-hetero) is 1. The lowest BCUT2D eigenvalue weighted by Gasteiger charge is -2.24. The Kier molecular flexibility index (Phi) is 14.6. The third-order valence-electron chi connectivity index (χ3n) is 7.31. The van der Waals surface area contributed by atoms with Crippen molar-refractivity contribution < 1.29 is 14.7 Å². The maximum absolute atomic E-state index is 12.8. The summed E-state index contributed by atoms with van der Waals surface area (Å²) in [6, 6.07) is 8.89. The summed E-state index contributed by atoms with van der Waals surface area (Å²) in [5, 5.41) is 12.7. The van der Waals surface area contributed by atoms with Crippen molar-refractivity contribution in [3.8, 4) is 0 Å². The summed E-state index contributed by atoms with van der Waals surface area (Å²) in [5.74, 6) is 1.13. The van der Waals surface area contributed by atoms with Crippen LogP contribution in [-0.4, -0.2) is 23.3 Å². The van der Waals surface area contributed by atoms with Crippen LogP contribution < -0.4 is 5.32 Å². The molecule has 0 heterocycles. The maximum atomic E-state index is 12.8. The van der Waals surface area contributed by atoms with E-state index in [-0.39, 0.29) is 42.8 Å². The highest BCUT2D eigenvalue weighted by Gasteiger charge is 2.29. The molecular weight excluding hydrogens is 482 g/mol. The molecule has 3 atom stereocenters. The quantitative estimate of drug-likeness (QED) is 0.0914. The molecule has 0 aliphatic carbocycles. The lowest BCUT2D eigenvalue weighted by molar-refractivity contribution is -0.127. The molecule has 0 radical (unpaired) electrons. The van der Waals surface area contributed by atoms with E-state index in [9.17, 15) is 14.7 Å². The second kappa shape index (κ2) is 16.8. The number of aryl methyl sites for hydroxylation is 1. The van der Waals surface area contributed by atoms with E-state index in [0.717, 1.165) is 19.3 Å². The Morgan fingerprint density at radius 2 is 1.74 bits per heavy atom. The molecule has 214 valence electrons. The number of allylic oxidation sites excluding steroid dienone is 4. The first-order chi connectivity index (χ1) is 18.3. The smallest absolute Gasteiger partial charge is 0.223 e. The number of amides is 1. The summed E-state index contributed by atoms with van der Waals surface area (Å²) in [7, 11) is 0. The summed E-state index contributed by atoms with van der Waals surface area (Å²) in [5.41, 5.74) is 5.47. The van der Waals surface area contributed by atoms with Gasteiger partial charge in [0.15, 0.2) is 0 Å². The SMILES string of the molecule is C=C=CC(CC(C)C/C=C/CC(=O)NCC(C)(C)C(=O)C/C(=C\C(C)C)C(=C)O)C(C)c1ccc(CC)cc1. The molecule has 1 amide bonds. The Balaban J connectivity index is 2.57. The van der Waals surface area contributed by atoms with Crippen molar-refractivity contribution in [2.45, 2.75) is 86.5 Å². The molecule has 0 bridgehead atoms. The third kappa shape index (κ3) is 12.5. The zero-order valence-electron chi connectivity index (χ0n) is 25.3. The average Bonchev–Trinajstić information content (AvgIpc) is 2.88. The molecule has 39 heavy (non-hydrogen) atoms. The number of carbonyl (C=O) groups excluding carboxylic acids is 2. The highest BCUT2D eigenvalue weighted by Crippen LogP contribution is 2.31. The van der Waals surface area contributed by atoms with Gasteiger partial charge in [0.1, 0.15) is 11.5 Å². The normalized spacial score (nSPS) is 14.5. The molecule has 2 N–H and O–H groups in total. The van der Waals surface area contributed by atoms with Crippen molar-refractivity contribution in [3.05, 3.63) is 89.9 Å². The topological polar surface area (TPSA) is 66.4 Å². The molecule has 1 rings (SSSR count). The zero-order valence-corrected chi connectivity index (χ0v) is 25.3. The summed E-state index contributed by atoms with van der Waals surface area (Å²) < 4.78 is 0. The number of ketones is 1. The van der Waals surface area contributed by atoms with Crippen molar-refractivity contribution in [1.29, 1.82) is 0 Å². The zero-order chi connectivity index (χ0) is 29.6. The molecule has 0 aliphatic rings. The van der Waals surface area contributed by atoms with Gasteiger partial charge >= 0.3 is 0 Å². The Hall–Kier alpha value is -3.10. The highest BCUT2D eigenvalue weighted by molar-refractivity contribution is 5.88. The van der Waals surface area contributed by atoms with E-state index in [1.807, 2.05) is 39.8 Å². The van der Waals surface area contributed by atoms with E-state index in [1.54, 1.807) is 0 Å². The van der Waals surface area contributed by atoms with Crippen molar-refractivity contribution >= 4 is 11.7 Å². The van der Waals surface area contributed by atoms with E-state index in [2.05, 4.69) is 81.4 Å². The second-order valence-electron chi connectivity index (χ2n) is 11.8. The predicted molar refractivity (Wildman–Crippen MR) is 165 cm³/mol. The number of benzene rings is 1. The fourth-order valence-electron chi connectivity index (χ4n) is 4.51. The molecule has 0 aromatic heterocycles. The first-order valence-electron chi connectivity index (χ1n) is 14.3. The first-order valence-corrected chi connectivity index (χ1v) is 14.3. The summed E-state index contributed by atoms with van der Waals surface area (Å²) in [6.45, 7) is 21.9. The molecule has 0 saturated heterocycles. The number of carbonyl (C=O) groups is 2. The van der Waals surface area contributed by atoms with Gasteiger partial charge in [-0.25, -0.2) is 0 Å². The van der Waals surface area contributed by atoms with Gasteiger partial charge in [-0.2, -0.15) is 0 Å². The van der Waals surface area contributed by atoms with Crippen LogP contribution in [0.5, 0.6) is 0 Å². The third-order valence-corrected chi connectivity index (χ3v) is 7.31.